The Kier molecular flexibility index (Phi) is 5.34. The van der Waals surface area contributed by atoms with Gasteiger partial charge in [-0.15, -0.1) is 16.2 Å². The highest BCUT2D eigenvalue weighted by Gasteiger charge is 2.24. The van der Waals surface area contributed by atoms with Crippen molar-refractivity contribution in [3.8, 4) is 0 Å². The van der Waals surface area contributed by atoms with E-state index in [9.17, 15) is 8.42 Å². The van der Waals surface area contributed by atoms with Crippen LogP contribution in [0.3, 0.4) is 0 Å². The molecule has 0 spiro atoms. The van der Waals surface area contributed by atoms with Crippen molar-refractivity contribution in [1.82, 2.24) is 15.2 Å². The average molecular weight is 327 g/mol. The molecule has 0 fully saturated rings. The van der Waals surface area contributed by atoms with E-state index >= 15 is 0 Å². The van der Waals surface area contributed by atoms with Gasteiger partial charge in [-0.1, -0.05) is 25.1 Å². The second kappa shape index (κ2) is 6.85. The Bertz CT molecular complexity index is 708. The quantitative estimate of drug-likeness (QED) is 0.604. The summed E-state index contributed by atoms with van der Waals surface area (Å²) in [6.45, 7) is 3.52. The molecule has 1 heterocycles. The summed E-state index contributed by atoms with van der Waals surface area (Å²) in [5, 5.41) is 5.51. The highest BCUT2D eigenvalue weighted by Crippen LogP contribution is 2.34. The molecule has 0 atom stereocenters. The van der Waals surface area contributed by atoms with Crippen LogP contribution in [0.2, 0.25) is 0 Å². The summed E-state index contributed by atoms with van der Waals surface area (Å²) in [5.41, 5.74) is 0. The monoisotopic (exact) mass is 327 g/mol. The van der Waals surface area contributed by atoms with E-state index in [4.69, 9.17) is 0 Å². The zero-order chi connectivity index (χ0) is 15.5. The van der Waals surface area contributed by atoms with Crippen LogP contribution in [0.1, 0.15) is 18.2 Å². The molecule has 5 nitrogen and oxygen atoms in total. The Hall–Kier alpha value is -0.990. The summed E-state index contributed by atoms with van der Waals surface area (Å²) in [6, 6.07) is 7.61. The fourth-order valence-corrected chi connectivity index (χ4v) is 5.15. The number of fused-ring (bicyclic) bond motifs is 1. The van der Waals surface area contributed by atoms with E-state index in [0.717, 1.165) is 27.9 Å². The summed E-state index contributed by atoms with van der Waals surface area (Å²) in [6.07, 6.45) is 1.02. The van der Waals surface area contributed by atoms with E-state index < -0.39 is 10.0 Å². The van der Waals surface area contributed by atoms with Gasteiger partial charge in [0.05, 0.1) is 0 Å². The van der Waals surface area contributed by atoms with Crippen LogP contribution in [-0.4, -0.2) is 34.1 Å². The van der Waals surface area contributed by atoms with E-state index in [0.29, 0.717) is 11.4 Å². The van der Waals surface area contributed by atoms with E-state index in [1.807, 2.05) is 24.3 Å². The summed E-state index contributed by atoms with van der Waals surface area (Å²) in [5.74, 6) is 0. The van der Waals surface area contributed by atoms with Crippen LogP contribution in [0.4, 0.5) is 0 Å². The maximum absolute atomic E-state index is 12.6. The normalized spacial score (nSPS) is 12.4. The lowest BCUT2D eigenvalue weighted by Gasteiger charge is -2.13. The van der Waals surface area contributed by atoms with Crippen molar-refractivity contribution in [2.24, 2.45) is 0 Å². The van der Waals surface area contributed by atoms with Crippen LogP contribution >= 0.6 is 11.3 Å². The van der Waals surface area contributed by atoms with Crippen LogP contribution < -0.4 is 10.1 Å². The zero-order valence-corrected chi connectivity index (χ0v) is 14.1. The molecular formula is C14H21N3O2S2. The molecule has 2 aromatic rings. The van der Waals surface area contributed by atoms with E-state index in [1.165, 1.54) is 16.3 Å². The Morgan fingerprint density at radius 1 is 1.24 bits per heavy atom. The third-order valence-corrected chi connectivity index (χ3v) is 5.81. The molecule has 0 radical (unpaired) electrons. The second-order valence-electron chi connectivity index (χ2n) is 5.02. The number of thiophene rings is 1. The first-order valence-electron chi connectivity index (χ1n) is 6.86. The number of rotatable bonds is 7. The molecule has 2 N–H and O–H groups in total. The molecule has 116 valence electrons. The molecule has 1 aromatic carbocycles. The minimum atomic E-state index is -3.56. The van der Waals surface area contributed by atoms with Crippen molar-refractivity contribution in [2.75, 3.05) is 20.6 Å². The van der Waals surface area contributed by atoms with Crippen molar-refractivity contribution in [1.29, 1.82) is 0 Å². The SMILES string of the molecule is CCCNCc1sc2ccccc2c1S(=O)(=O)NN(C)C. The number of hydrogen-bond donors (Lipinski definition) is 2. The van der Waals surface area contributed by atoms with Gasteiger partial charge in [0.15, 0.2) is 0 Å². The molecule has 0 unspecified atom stereocenters. The molecule has 0 aliphatic heterocycles. The number of sulfonamides is 1. The van der Waals surface area contributed by atoms with Gasteiger partial charge in [-0.3, -0.25) is 0 Å². The fraction of sp³-hybridized carbons (Fsp3) is 0.429. The van der Waals surface area contributed by atoms with Crippen molar-refractivity contribution in [3.63, 3.8) is 0 Å². The highest BCUT2D eigenvalue weighted by molar-refractivity contribution is 7.90. The first kappa shape index (κ1) is 16.4. The number of benzene rings is 1. The van der Waals surface area contributed by atoms with Crippen LogP contribution in [0, 0.1) is 0 Å². The first-order valence-corrected chi connectivity index (χ1v) is 9.16. The number of hydrazine groups is 1. The molecule has 0 amide bonds. The first-order chi connectivity index (χ1) is 9.95. The largest absolute Gasteiger partial charge is 0.312 e. The Labute approximate surface area is 130 Å². The van der Waals surface area contributed by atoms with Crippen molar-refractivity contribution < 1.29 is 8.42 Å². The van der Waals surface area contributed by atoms with Crippen LogP contribution in [0.25, 0.3) is 10.1 Å². The minimum absolute atomic E-state index is 0.389. The Morgan fingerprint density at radius 3 is 2.62 bits per heavy atom. The smallest absolute Gasteiger partial charge is 0.255 e. The molecule has 0 saturated heterocycles. The second-order valence-corrected chi connectivity index (χ2v) is 7.75. The van der Waals surface area contributed by atoms with Gasteiger partial charge in [-0.2, -0.15) is 0 Å². The molecule has 0 bridgehead atoms. The standard InChI is InChI=1S/C14H21N3O2S2/c1-4-9-15-10-13-14(21(18,19)16-17(2)3)11-7-5-6-8-12(11)20-13/h5-8,15-16H,4,9-10H2,1-3H3. The molecule has 1 aromatic heterocycles. The summed E-state index contributed by atoms with van der Waals surface area (Å²) < 4.78 is 26.2. The van der Waals surface area contributed by atoms with Gasteiger partial charge < -0.3 is 5.32 Å². The maximum atomic E-state index is 12.6. The molecule has 2 rings (SSSR count). The van der Waals surface area contributed by atoms with Crippen LogP contribution in [0.5, 0.6) is 0 Å². The third-order valence-electron chi connectivity index (χ3n) is 2.90. The molecule has 0 aliphatic rings. The predicted octanol–water partition coefficient (Wildman–Crippen LogP) is 2.16. The lowest BCUT2D eigenvalue weighted by Crippen LogP contribution is -2.36. The highest BCUT2D eigenvalue weighted by atomic mass is 32.2. The molecular weight excluding hydrogens is 306 g/mol. The van der Waals surface area contributed by atoms with Gasteiger partial charge in [0.25, 0.3) is 10.0 Å². The number of nitrogens with zero attached hydrogens (tertiary/aromatic N) is 1. The topological polar surface area (TPSA) is 61.4 Å². The average Bonchev–Trinajstić information content (AvgIpc) is 2.76. The number of hydrogen-bond acceptors (Lipinski definition) is 5. The third kappa shape index (κ3) is 3.81. The molecule has 7 heteroatoms. The van der Waals surface area contributed by atoms with Crippen molar-refractivity contribution >= 4 is 31.4 Å². The van der Waals surface area contributed by atoms with Gasteiger partial charge >= 0.3 is 0 Å². The fourth-order valence-electron chi connectivity index (χ4n) is 2.15. The molecule has 0 saturated carbocycles. The Balaban J connectivity index is 2.50. The summed E-state index contributed by atoms with van der Waals surface area (Å²) in [7, 11) is -0.229. The Morgan fingerprint density at radius 2 is 1.95 bits per heavy atom. The van der Waals surface area contributed by atoms with Crippen LogP contribution in [0.15, 0.2) is 29.2 Å². The van der Waals surface area contributed by atoms with Crippen molar-refractivity contribution in [3.05, 3.63) is 29.1 Å². The minimum Gasteiger partial charge on any atom is -0.312 e. The maximum Gasteiger partial charge on any atom is 0.255 e. The number of nitrogens with one attached hydrogen (secondary N) is 2. The summed E-state index contributed by atoms with van der Waals surface area (Å²) >= 11 is 1.53. The zero-order valence-electron chi connectivity index (χ0n) is 12.5. The van der Waals surface area contributed by atoms with Crippen molar-refractivity contribution in [2.45, 2.75) is 24.8 Å². The van der Waals surface area contributed by atoms with Gasteiger partial charge in [-0.05, 0) is 19.0 Å². The van der Waals surface area contributed by atoms with Crippen LogP contribution in [-0.2, 0) is 16.6 Å². The van der Waals surface area contributed by atoms with E-state index in [2.05, 4.69) is 17.1 Å². The van der Waals surface area contributed by atoms with Gasteiger partial charge in [0.2, 0.25) is 0 Å². The van der Waals surface area contributed by atoms with Gasteiger partial charge in [0, 0.05) is 35.6 Å². The van der Waals surface area contributed by atoms with E-state index in [-0.39, 0.29) is 0 Å². The lowest BCUT2D eigenvalue weighted by atomic mass is 10.2. The molecule has 0 aliphatic carbocycles. The predicted molar refractivity (Wildman–Crippen MR) is 87.8 cm³/mol. The lowest BCUT2D eigenvalue weighted by molar-refractivity contribution is 0.364. The van der Waals surface area contributed by atoms with Gasteiger partial charge in [0.1, 0.15) is 4.90 Å². The molecule has 21 heavy (non-hydrogen) atoms. The summed E-state index contributed by atoms with van der Waals surface area (Å²) in [4.78, 5) is 3.76. The van der Waals surface area contributed by atoms with E-state index in [1.54, 1.807) is 14.1 Å². The van der Waals surface area contributed by atoms with Gasteiger partial charge in [-0.25, -0.2) is 13.4 Å².